The Kier molecular flexibility index (Phi) is 5.32. The van der Waals surface area contributed by atoms with Crippen LogP contribution in [0.1, 0.15) is 17.0 Å². The van der Waals surface area contributed by atoms with Gasteiger partial charge in [-0.2, -0.15) is 8.78 Å². The highest BCUT2D eigenvalue weighted by Gasteiger charge is 2.13. The molecule has 0 N–H and O–H groups in total. The summed E-state index contributed by atoms with van der Waals surface area (Å²) in [6, 6.07) is 4.89. The maximum atomic E-state index is 12.3. The molecule has 0 aliphatic carbocycles. The van der Waals surface area contributed by atoms with Crippen molar-refractivity contribution in [3.05, 3.63) is 41.6 Å². The third kappa shape index (κ3) is 4.17. The standard InChI is InChI=1S/C15H18F2N2O3/c1-10-14(21-9-18-10)8-19(2)7-11-4-5-12(22-15(16)17)13(6-11)20-3/h4-6,9,15H,7-8H2,1-3H3. The molecule has 0 spiro atoms. The Bertz CT molecular complexity index is 617. The van der Waals surface area contributed by atoms with Gasteiger partial charge in [-0.1, -0.05) is 6.07 Å². The summed E-state index contributed by atoms with van der Waals surface area (Å²) < 4.78 is 39.4. The molecule has 2 rings (SSSR count). The minimum Gasteiger partial charge on any atom is -0.493 e. The number of alkyl halides is 2. The fourth-order valence-electron chi connectivity index (χ4n) is 2.09. The van der Waals surface area contributed by atoms with Gasteiger partial charge < -0.3 is 13.9 Å². The summed E-state index contributed by atoms with van der Waals surface area (Å²) in [5.74, 6) is 1.10. The van der Waals surface area contributed by atoms with Crippen LogP contribution >= 0.6 is 0 Å². The molecule has 0 atom stereocenters. The van der Waals surface area contributed by atoms with Gasteiger partial charge in [-0.15, -0.1) is 0 Å². The monoisotopic (exact) mass is 312 g/mol. The lowest BCUT2D eigenvalue weighted by atomic mass is 10.2. The second-order valence-electron chi connectivity index (χ2n) is 4.90. The van der Waals surface area contributed by atoms with E-state index in [1.54, 1.807) is 12.1 Å². The lowest BCUT2D eigenvalue weighted by molar-refractivity contribution is -0.0512. The third-order valence-corrected chi connectivity index (χ3v) is 3.15. The van der Waals surface area contributed by atoms with Gasteiger partial charge in [-0.3, -0.25) is 4.90 Å². The van der Waals surface area contributed by atoms with E-state index in [9.17, 15) is 8.78 Å². The van der Waals surface area contributed by atoms with Crippen LogP contribution in [0, 0.1) is 6.92 Å². The molecule has 0 radical (unpaired) electrons. The quantitative estimate of drug-likeness (QED) is 0.785. The van der Waals surface area contributed by atoms with Gasteiger partial charge in [-0.05, 0) is 31.7 Å². The predicted octanol–water partition coefficient (Wildman–Crippen LogP) is 3.23. The lowest BCUT2D eigenvalue weighted by Gasteiger charge is -2.17. The van der Waals surface area contributed by atoms with Gasteiger partial charge in [0.25, 0.3) is 0 Å². The Balaban J connectivity index is 2.04. The highest BCUT2D eigenvalue weighted by atomic mass is 19.3. The SMILES string of the molecule is COc1cc(CN(C)Cc2ocnc2C)ccc1OC(F)F. The number of rotatable bonds is 7. The number of benzene rings is 1. The molecule has 0 aliphatic rings. The van der Waals surface area contributed by atoms with Crippen LogP contribution in [-0.2, 0) is 13.1 Å². The van der Waals surface area contributed by atoms with Crippen LogP contribution in [0.15, 0.2) is 29.0 Å². The minimum atomic E-state index is -2.88. The molecule has 0 amide bonds. The number of nitrogens with zero attached hydrogens (tertiary/aromatic N) is 2. The Labute approximate surface area is 127 Å². The number of methoxy groups -OCH3 is 1. The zero-order chi connectivity index (χ0) is 16.1. The molecule has 0 saturated carbocycles. The lowest BCUT2D eigenvalue weighted by Crippen LogP contribution is -2.17. The van der Waals surface area contributed by atoms with Gasteiger partial charge >= 0.3 is 6.61 Å². The first-order valence-electron chi connectivity index (χ1n) is 6.69. The zero-order valence-electron chi connectivity index (χ0n) is 12.7. The number of hydrogen-bond acceptors (Lipinski definition) is 5. The van der Waals surface area contributed by atoms with Crippen LogP contribution in [0.3, 0.4) is 0 Å². The molecule has 7 heteroatoms. The average molecular weight is 312 g/mol. The van der Waals surface area contributed by atoms with Gasteiger partial charge in [-0.25, -0.2) is 4.98 Å². The van der Waals surface area contributed by atoms with Gasteiger partial charge in [0.05, 0.1) is 19.3 Å². The summed E-state index contributed by atoms with van der Waals surface area (Å²) in [6.45, 7) is 0.206. The molecule has 0 aliphatic heterocycles. The van der Waals surface area contributed by atoms with Crippen LogP contribution in [0.4, 0.5) is 8.78 Å². The van der Waals surface area contributed by atoms with Gasteiger partial charge in [0.1, 0.15) is 5.76 Å². The molecule has 5 nitrogen and oxygen atoms in total. The Morgan fingerprint density at radius 3 is 2.64 bits per heavy atom. The van der Waals surface area contributed by atoms with Crippen molar-refractivity contribution in [1.29, 1.82) is 0 Å². The molecule has 1 aromatic carbocycles. The fourth-order valence-corrected chi connectivity index (χ4v) is 2.09. The van der Waals surface area contributed by atoms with E-state index in [1.807, 2.05) is 18.9 Å². The molecule has 1 heterocycles. The van der Waals surface area contributed by atoms with Crippen molar-refractivity contribution in [2.24, 2.45) is 0 Å². The second-order valence-corrected chi connectivity index (χ2v) is 4.90. The number of oxazole rings is 1. The van der Waals surface area contributed by atoms with E-state index >= 15 is 0 Å². The summed E-state index contributed by atoms with van der Waals surface area (Å²) in [6.07, 6.45) is 1.41. The van der Waals surface area contributed by atoms with Crippen LogP contribution < -0.4 is 9.47 Å². The smallest absolute Gasteiger partial charge is 0.387 e. The van der Waals surface area contributed by atoms with Crippen molar-refractivity contribution in [3.63, 3.8) is 0 Å². The summed E-state index contributed by atoms with van der Waals surface area (Å²) in [7, 11) is 3.34. The van der Waals surface area contributed by atoms with Crippen LogP contribution in [0.5, 0.6) is 11.5 Å². The summed E-state index contributed by atoms with van der Waals surface area (Å²) in [4.78, 5) is 6.07. The van der Waals surface area contributed by atoms with Crippen molar-refractivity contribution < 1.29 is 22.7 Å². The number of aromatic nitrogens is 1. The maximum Gasteiger partial charge on any atom is 0.387 e. The molecule has 0 unspecified atom stereocenters. The van der Waals surface area contributed by atoms with Crippen LogP contribution in [-0.4, -0.2) is 30.7 Å². The van der Waals surface area contributed by atoms with Crippen molar-refractivity contribution in [1.82, 2.24) is 9.88 Å². The molecule has 22 heavy (non-hydrogen) atoms. The normalized spacial score (nSPS) is 11.2. The largest absolute Gasteiger partial charge is 0.493 e. The van der Waals surface area contributed by atoms with Crippen LogP contribution in [0.25, 0.3) is 0 Å². The number of aryl methyl sites for hydroxylation is 1. The topological polar surface area (TPSA) is 47.7 Å². The summed E-state index contributed by atoms with van der Waals surface area (Å²) in [5.41, 5.74) is 1.77. The predicted molar refractivity (Wildman–Crippen MR) is 76.0 cm³/mol. The molecular weight excluding hydrogens is 294 g/mol. The number of hydrogen-bond donors (Lipinski definition) is 0. The Hall–Kier alpha value is -2.15. The molecule has 0 saturated heterocycles. The second kappa shape index (κ2) is 7.22. The Morgan fingerprint density at radius 1 is 1.27 bits per heavy atom. The summed E-state index contributed by atoms with van der Waals surface area (Å²) in [5, 5.41) is 0. The van der Waals surface area contributed by atoms with Crippen molar-refractivity contribution >= 4 is 0 Å². The van der Waals surface area contributed by atoms with E-state index < -0.39 is 6.61 Å². The summed E-state index contributed by atoms with van der Waals surface area (Å²) >= 11 is 0. The first-order chi connectivity index (χ1) is 10.5. The molecule has 120 valence electrons. The number of halogens is 2. The van der Waals surface area contributed by atoms with E-state index in [4.69, 9.17) is 9.15 Å². The van der Waals surface area contributed by atoms with E-state index in [1.165, 1.54) is 19.6 Å². The van der Waals surface area contributed by atoms with Crippen LogP contribution in [0.2, 0.25) is 0 Å². The van der Waals surface area contributed by atoms with E-state index in [2.05, 4.69) is 9.72 Å². The van der Waals surface area contributed by atoms with Gasteiger partial charge in [0.15, 0.2) is 17.9 Å². The van der Waals surface area contributed by atoms with Gasteiger partial charge in [0, 0.05) is 6.54 Å². The first-order valence-corrected chi connectivity index (χ1v) is 6.69. The fraction of sp³-hybridized carbons (Fsp3) is 0.400. The number of ether oxygens (including phenoxy) is 2. The van der Waals surface area contributed by atoms with E-state index in [0.717, 1.165) is 17.0 Å². The maximum absolute atomic E-state index is 12.3. The minimum absolute atomic E-state index is 0.0231. The zero-order valence-corrected chi connectivity index (χ0v) is 12.7. The van der Waals surface area contributed by atoms with Crippen molar-refractivity contribution in [3.8, 4) is 11.5 Å². The first kappa shape index (κ1) is 16.2. The highest BCUT2D eigenvalue weighted by molar-refractivity contribution is 5.43. The molecular formula is C15H18F2N2O3. The molecule has 0 fully saturated rings. The molecule has 2 aromatic rings. The average Bonchev–Trinajstić information content (AvgIpc) is 2.85. The van der Waals surface area contributed by atoms with E-state index in [0.29, 0.717) is 13.1 Å². The molecule has 0 bridgehead atoms. The Morgan fingerprint density at radius 2 is 2.05 bits per heavy atom. The molecule has 1 aromatic heterocycles. The van der Waals surface area contributed by atoms with Crippen molar-refractivity contribution in [2.45, 2.75) is 26.6 Å². The third-order valence-electron chi connectivity index (χ3n) is 3.15. The van der Waals surface area contributed by atoms with E-state index in [-0.39, 0.29) is 11.5 Å². The van der Waals surface area contributed by atoms with Crippen molar-refractivity contribution in [2.75, 3.05) is 14.2 Å². The highest BCUT2D eigenvalue weighted by Crippen LogP contribution is 2.29. The van der Waals surface area contributed by atoms with Gasteiger partial charge in [0.2, 0.25) is 0 Å².